The Kier molecular flexibility index (Phi) is 4.86. The highest BCUT2D eigenvalue weighted by molar-refractivity contribution is 7.97. The molecule has 0 aliphatic rings. The number of benzene rings is 2. The third kappa shape index (κ3) is 4.03. The summed E-state index contributed by atoms with van der Waals surface area (Å²) in [5, 5.41) is 0. The van der Waals surface area contributed by atoms with Crippen LogP contribution in [-0.2, 0) is 5.75 Å². The lowest BCUT2D eigenvalue weighted by Gasteiger charge is -2.08. The smallest absolute Gasteiger partial charge is 0.269 e. The second-order valence-corrected chi connectivity index (χ2v) is 4.94. The van der Waals surface area contributed by atoms with Gasteiger partial charge in [0.05, 0.1) is 5.69 Å². The summed E-state index contributed by atoms with van der Waals surface area (Å²) in [6, 6.07) is 17.2. The summed E-state index contributed by atoms with van der Waals surface area (Å²) in [5.74, 6) is 0.823. The molecule has 0 radical (unpaired) electrons. The molecule has 0 spiro atoms. The molecular formula is C15H16N2OS. The maximum absolute atomic E-state index is 11.9. The highest BCUT2D eigenvalue weighted by Gasteiger charge is 2.04. The standard InChI is InChI=1S/C15H16N2OS/c1-19-11-12-7-9-13(10-8-12)15(18)17-16-14-5-3-2-4-6-14/h2-10,16H,11H2,1H3,(H,17,18). The van der Waals surface area contributed by atoms with E-state index < -0.39 is 0 Å². The number of carbonyl (C=O) groups is 1. The number of thioether (sulfide) groups is 1. The Morgan fingerprint density at radius 1 is 1.05 bits per heavy atom. The lowest BCUT2D eigenvalue weighted by Crippen LogP contribution is -2.29. The summed E-state index contributed by atoms with van der Waals surface area (Å²) >= 11 is 1.76. The van der Waals surface area contributed by atoms with Gasteiger partial charge in [0.1, 0.15) is 0 Å². The number of hydrogen-bond donors (Lipinski definition) is 2. The van der Waals surface area contributed by atoms with Crippen LogP contribution in [0.2, 0.25) is 0 Å². The highest BCUT2D eigenvalue weighted by atomic mass is 32.2. The van der Waals surface area contributed by atoms with Gasteiger partial charge in [0.15, 0.2) is 0 Å². The monoisotopic (exact) mass is 272 g/mol. The number of anilines is 1. The Balaban J connectivity index is 1.92. The van der Waals surface area contributed by atoms with Crippen LogP contribution in [0, 0.1) is 0 Å². The molecule has 0 bridgehead atoms. The van der Waals surface area contributed by atoms with Crippen molar-refractivity contribution < 1.29 is 4.79 Å². The molecule has 0 fully saturated rings. The van der Waals surface area contributed by atoms with Crippen molar-refractivity contribution in [1.82, 2.24) is 5.43 Å². The maximum Gasteiger partial charge on any atom is 0.269 e. The van der Waals surface area contributed by atoms with Gasteiger partial charge in [-0.1, -0.05) is 30.3 Å². The molecule has 19 heavy (non-hydrogen) atoms. The van der Waals surface area contributed by atoms with Crippen molar-refractivity contribution in [3.63, 3.8) is 0 Å². The highest BCUT2D eigenvalue weighted by Crippen LogP contribution is 2.10. The summed E-state index contributed by atoms with van der Waals surface area (Å²) in [5.41, 5.74) is 8.28. The molecule has 0 heterocycles. The van der Waals surface area contributed by atoms with E-state index in [4.69, 9.17) is 0 Å². The van der Waals surface area contributed by atoms with Gasteiger partial charge in [-0.25, -0.2) is 0 Å². The van der Waals surface area contributed by atoms with Crippen molar-refractivity contribution in [2.24, 2.45) is 0 Å². The molecular weight excluding hydrogens is 256 g/mol. The van der Waals surface area contributed by atoms with Crippen LogP contribution >= 0.6 is 11.8 Å². The molecule has 2 N–H and O–H groups in total. The van der Waals surface area contributed by atoms with Crippen molar-refractivity contribution in [1.29, 1.82) is 0 Å². The minimum absolute atomic E-state index is 0.139. The first-order chi connectivity index (χ1) is 9.29. The number of carbonyl (C=O) groups excluding carboxylic acids is 1. The van der Waals surface area contributed by atoms with E-state index in [-0.39, 0.29) is 5.91 Å². The minimum atomic E-state index is -0.139. The van der Waals surface area contributed by atoms with E-state index in [1.54, 1.807) is 11.8 Å². The molecule has 0 aliphatic heterocycles. The zero-order valence-corrected chi connectivity index (χ0v) is 11.5. The van der Waals surface area contributed by atoms with Crippen molar-refractivity contribution in [2.45, 2.75) is 5.75 Å². The summed E-state index contributed by atoms with van der Waals surface area (Å²) < 4.78 is 0. The molecule has 4 heteroatoms. The number of hydrazine groups is 1. The quantitative estimate of drug-likeness (QED) is 0.821. The lowest BCUT2D eigenvalue weighted by molar-refractivity contribution is 0.0962. The van der Waals surface area contributed by atoms with Crippen LogP contribution in [0.15, 0.2) is 54.6 Å². The van der Waals surface area contributed by atoms with E-state index in [2.05, 4.69) is 17.1 Å². The van der Waals surface area contributed by atoms with Gasteiger partial charge in [-0.15, -0.1) is 0 Å². The first kappa shape index (κ1) is 13.5. The van der Waals surface area contributed by atoms with Gasteiger partial charge in [-0.3, -0.25) is 15.6 Å². The van der Waals surface area contributed by atoms with E-state index in [1.165, 1.54) is 5.56 Å². The lowest BCUT2D eigenvalue weighted by atomic mass is 10.1. The van der Waals surface area contributed by atoms with Crippen LogP contribution in [0.1, 0.15) is 15.9 Å². The summed E-state index contributed by atoms with van der Waals surface area (Å²) in [6.45, 7) is 0. The first-order valence-electron chi connectivity index (χ1n) is 5.99. The van der Waals surface area contributed by atoms with Crippen LogP contribution in [0.3, 0.4) is 0 Å². The molecule has 2 aromatic rings. The fraction of sp³-hybridized carbons (Fsp3) is 0.133. The van der Waals surface area contributed by atoms with Crippen LogP contribution in [-0.4, -0.2) is 12.2 Å². The molecule has 3 nitrogen and oxygen atoms in total. The van der Waals surface area contributed by atoms with Crippen LogP contribution in [0.25, 0.3) is 0 Å². The van der Waals surface area contributed by atoms with Gasteiger partial charge < -0.3 is 0 Å². The molecule has 0 aromatic heterocycles. The molecule has 2 aromatic carbocycles. The predicted molar refractivity (Wildman–Crippen MR) is 81.2 cm³/mol. The number of hydrogen-bond acceptors (Lipinski definition) is 3. The Bertz CT molecular complexity index is 526. The van der Waals surface area contributed by atoms with Crippen LogP contribution in [0.5, 0.6) is 0 Å². The van der Waals surface area contributed by atoms with Crippen molar-refractivity contribution in [3.05, 3.63) is 65.7 Å². The Morgan fingerprint density at radius 3 is 2.37 bits per heavy atom. The van der Waals surface area contributed by atoms with E-state index >= 15 is 0 Å². The molecule has 0 saturated heterocycles. The normalized spacial score (nSPS) is 9.95. The van der Waals surface area contributed by atoms with E-state index in [9.17, 15) is 4.79 Å². The molecule has 0 atom stereocenters. The second-order valence-electron chi connectivity index (χ2n) is 4.08. The molecule has 2 rings (SSSR count). The third-order valence-electron chi connectivity index (χ3n) is 2.62. The van der Waals surface area contributed by atoms with Gasteiger partial charge in [0, 0.05) is 11.3 Å². The average molecular weight is 272 g/mol. The Hall–Kier alpha value is -1.94. The molecule has 98 valence electrons. The average Bonchev–Trinajstić information content (AvgIpc) is 2.47. The topological polar surface area (TPSA) is 41.1 Å². The number of nitrogens with one attached hydrogen (secondary N) is 2. The first-order valence-corrected chi connectivity index (χ1v) is 7.38. The largest absolute Gasteiger partial charge is 0.298 e. The van der Waals surface area contributed by atoms with Crippen molar-refractivity contribution in [3.8, 4) is 0 Å². The van der Waals surface area contributed by atoms with E-state index in [0.717, 1.165) is 11.4 Å². The molecule has 0 saturated carbocycles. The Labute approximate surface area is 117 Å². The van der Waals surface area contributed by atoms with E-state index in [0.29, 0.717) is 5.56 Å². The predicted octanol–water partition coefficient (Wildman–Crippen LogP) is 3.31. The zero-order valence-electron chi connectivity index (χ0n) is 10.7. The number of amides is 1. The molecule has 0 aliphatic carbocycles. The molecule has 1 amide bonds. The second kappa shape index (κ2) is 6.85. The summed E-state index contributed by atoms with van der Waals surface area (Å²) in [4.78, 5) is 11.9. The molecule has 0 unspecified atom stereocenters. The van der Waals surface area contributed by atoms with Gasteiger partial charge in [0.2, 0.25) is 0 Å². The van der Waals surface area contributed by atoms with Crippen molar-refractivity contribution >= 4 is 23.4 Å². The third-order valence-corrected chi connectivity index (χ3v) is 3.24. The number of para-hydroxylation sites is 1. The van der Waals surface area contributed by atoms with Gasteiger partial charge in [-0.2, -0.15) is 11.8 Å². The van der Waals surface area contributed by atoms with Crippen molar-refractivity contribution in [2.75, 3.05) is 11.7 Å². The van der Waals surface area contributed by atoms with Gasteiger partial charge in [0.25, 0.3) is 5.91 Å². The SMILES string of the molecule is CSCc1ccc(C(=O)NNc2ccccc2)cc1. The van der Waals surface area contributed by atoms with Crippen LogP contribution in [0.4, 0.5) is 5.69 Å². The van der Waals surface area contributed by atoms with Gasteiger partial charge >= 0.3 is 0 Å². The summed E-state index contributed by atoms with van der Waals surface area (Å²) in [6.07, 6.45) is 2.06. The fourth-order valence-electron chi connectivity index (χ4n) is 1.64. The summed E-state index contributed by atoms with van der Waals surface area (Å²) in [7, 11) is 0. The maximum atomic E-state index is 11.9. The van der Waals surface area contributed by atoms with Gasteiger partial charge in [-0.05, 0) is 36.1 Å². The zero-order chi connectivity index (χ0) is 13.5. The Morgan fingerprint density at radius 2 is 1.74 bits per heavy atom. The number of rotatable bonds is 5. The fourth-order valence-corrected chi connectivity index (χ4v) is 2.17. The van der Waals surface area contributed by atoms with Crippen LogP contribution < -0.4 is 10.9 Å². The van der Waals surface area contributed by atoms with E-state index in [1.807, 2.05) is 54.6 Å². The minimum Gasteiger partial charge on any atom is -0.298 e.